The predicted molar refractivity (Wildman–Crippen MR) is 107 cm³/mol. The molecule has 162 valence electrons. The maximum atomic E-state index is 12.7. The second-order valence-corrected chi connectivity index (χ2v) is 6.47. The van der Waals surface area contributed by atoms with Gasteiger partial charge in [-0.2, -0.15) is 13.2 Å². The molecule has 6 nitrogen and oxygen atoms in total. The smallest absolute Gasteiger partial charge is 0.383 e. The lowest BCUT2D eigenvalue weighted by atomic mass is 10.1. The van der Waals surface area contributed by atoms with E-state index in [-0.39, 0.29) is 11.5 Å². The van der Waals surface area contributed by atoms with Gasteiger partial charge in [-0.15, -0.1) is 0 Å². The number of hydrazine groups is 1. The van der Waals surface area contributed by atoms with Gasteiger partial charge in [-0.05, 0) is 55.2 Å². The van der Waals surface area contributed by atoms with E-state index in [1.165, 1.54) is 18.2 Å². The van der Waals surface area contributed by atoms with Gasteiger partial charge in [-0.3, -0.25) is 20.4 Å². The maximum Gasteiger partial charge on any atom is 0.416 e. The first kappa shape index (κ1) is 23.2. The summed E-state index contributed by atoms with van der Waals surface area (Å²) in [5.74, 6) is -1.40. The van der Waals surface area contributed by atoms with E-state index in [0.717, 1.165) is 25.0 Å². The van der Waals surface area contributed by atoms with Crippen molar-refractivity contribution in [1.82, 2.24) is 10.9 Å². The summed E-state index contributed by atoms with van der Waals surface area (Å²) in [5, 5.41) is 12.6. The van der Waals surface area contributed by atoms with Gasteiger partial charge >= 0.3 is 6.18 Å². The molecular weight excluding hydrogens is 399 g/mol. The molecule has 1 aliphatic rings. The Morgan fingerprint density at radius 2 is 1.60 bits per heavy atom. The Morgan fingerprint density at radius 1 is 1.00 bits per heavy atom. The van der Waals surface area contributed by atoms with Crippen molar-refractivity contribution in [2.45, 2.75) is 39.0 Å². The van der Waals surface area contributed by atoms with Crippen molar-refractivity contribution >= 4 is 23.2 Å². The fourth-order valence-corrected chi connectivity index (χ4v) is 2.57. The number of aliphatic hydroxyl groups excluding tert-OH is 1. The third-order valence-electron chi connectivity index (χ3n) is 4.30. The van der Waals surface area contributed by atoms with Crippen LogP contribution >= 0.6 is 0 Å². The molecule has 0 aliphatic heterocycles. The molecule has 1 atom stereocenters. The maximum absolute atomic E-state index is 12.7. The summed E-state index contributed by atoms with van der Waals surface area (Å²) in [6, 6.07) is 10.7. The van der Waals surface area contributed by atoms with Gasteiger partial charge in [0.05, 0.1) is 16.8 Å². The molecule has 2 aromatic carbocycles. The minimum absolute atomic E-state index is 0.0782. The van der Waals surface area contributed by atoms with Crippen LogP contribution in [-0.2, 0) is 11.0 Å². The number of amides is 2. The molecule has 4 N–H and O–H groups in total. The van der Waals surface area contributed by atoms with Crippen LogP contribution in [0.25, 0.3) is 0 Å². The summed E-state index contributed by atoms with van der Waals surface area (Å²) in [5.41, 5.74) is 4.51. The molecule has 9 heteroatoms. The van der Waals surface area contributed by atoms with Crippen LogP contribution in [0, 0.1) is 5.92 Å². The Bertz CT molecular complexity index is 866. The highest BCUT2D eigenvalue weighted by molar-refractivity contribution is 6.01. The minimum atomic E-state index is -4.43. The summed E-state index contributed by atoms with van der Waals surface area (Å²) in [6.45, 7) is 4.00. The molecule has 0 aromatic heterocycles. The van der Waals surface area contributed by atoms with Crippen molar-refractivity contribution < 1.29 is 27.9 Å². The Hall–Kier alpha value is -3.07. The predicted octanol–water partition coefficient (Wildman–Crippen LogP) is 4.01. The van der Waals surface area contributed by atoms with E-state index in [9.17, 15) is 27.9 Å². The number of anilines is 2. The van der Waals surface area contributed by atoms with Crippen molar-refractivity contribution in [2.75, 3.05) is 5.32 Å². The zero-order chi connectivity index (χ0) is 22.3. The van der Waals surface area contributed by atoms with Gasteiger partial charge in [0.1, 0.15) is 6.10 Å². The van der Waals surface area contributed by atoms with Crippen LogP contribution < -0.4 is 16.2 Å². The number of hydrogen-bond acceptors (Lipinski definition) is 4. The lowest BCUT2D eigenvalue weighted by molar-refractivity contribution is -0.137. The largest absolute Gasteiger partial charge is 0.416 e. The normalized spacial score (nSPS) is 14.1. The molecule has 30 heavy (non-hydrogen) atoms. The van der Waals surface area contributed by atoms with Crippen LogP contribution in [0.1, 0.15) is 42.6 Å². The lowest BCUT2D eigenvalue weighted by Crippen LogP contribution is -2.47. The first-order valence-electron chi connectivity index (χ1n) is 9.57. The van der Waals surface area contributed by atoms with E-state index in [1.807, 2.05) is 13.8 Å². The Morgan fingerprint density at radius 3 is 2.17 bits per heavy atom. The molecule has 1 saturated carbocycles. The van der Waals surface area contributed by atoms with Gasteiger partial charge in [-0.25, -0.2) is 0 Å². The third kappa shape index (κ3) is 6.21. The molecule has 0 saturated heterocycles. The van der Waals surface area contributed by atoms with Gasteiger partial charge in [-0.1, -0.05) is 26.0 Å². The van der Waals surface area contributed by atoms with Crippen molar-refractivity contribution in [3.63, 3.8) is 0 Å². The fourth-order valence-electron chi connectivity index (χ4n) is 2.57. The lowest BCUT2D eigenvalue weighted by Gasteiger charge is -2.15. The number of hydrogen-bond donors (Lipinski definition) is 4. The summed E-state index contributed by atoms with van der Waals surface area (Å²) >= 11 is 0. The van der Waals surface area contributed by atoms with E-state index in [0.29, 0.717) is 11.4 Å². The first-order chi connectivity index (χ1) is 14.3. The quantitative estimate of drug-likeness (QED) is 0.547. The highest BCUT2D eigenvalue weighted by Crippen LogP contribution is 2.32. The number of para-hydroxylation sites is 1. The van der Waals surface area contributed by atoms with Crippen LogP contribution in [0.2, 0.25) is 0 Å². The summed E-state index contributed by atoms with van der Waals surface area (Å²) < 4.78 is 38.0. The monoisotopic (exact) mass is 423 g/mol. The minimum Gasteiger partial charge on any atom is -0.383 e. The number of aliphatic hydroxyl groups is 1. The van der Waals surface area contributed by atoms with Crippen LogP contribution in [0.15, 0.2) is 48.5 Å². The van der Waals surface area contributed by atoms with Crippen LogP contribution in [-0.4, -0.2) is 23.0 Å². The van der Waals surface area contributed by atoms with Crippen LogP contribution in [0.4, 0.5) is 24.5 Å². The molecule has 1 fully saturated rings. The molecule has 3 rings (SSSR count). The number of nitrogens with one attached hydrogen (secondary N) is 3. The van der Waals surface area contributed by atoms with E-state index in [1.54, 1.807) is 18.2 Å². The topological polar surface area (TPSA) is 90.5 Å². The average Bonchev–Trinajstić information content (AvgIpc) is 3.58. The molecule has 0 bridgehead atoms. The zero-order valence-corrected chi connectivity index (χ0v) is 16.6. The molecule has 0 radical (unpaired) electrons. The number of benzene rings is 2. The Balaban J connectivity index is 0.00000155. The van der Waals surface area contributed by atoms with Crippen molar-refractivity contribution in [3.8, 4) is 0 Å². The first-order valence-corrected chi connectivity index (χ1v) is 9.57. The second-order valence-electron chi connectivity index (χ2n) is 6.47. The van der Waals surface area contributed by atoms with Crippen LogP contribution in [0.5, 0.6) is 0 Å². The van der Waals surface area contributed by atoms with Crippen LogP contribution in [0.3, 0.4) is 0 Å². The SMILES string of the molecule is CC.O=C(NNC(=O)C(O)C1CC1)c1ccccc1Nc1ccc(C(F)(F)F)cc1. The summed E-state index contributed by atoms with van der Waals surface area (Å²) in [7, 11) is 0. The molecule has 0 heterocycles. The average molecular weight is 423 g/mol. The Labute approximate surface area is 172 Å². The highest BCUT2D eigenvalue weighted by Gasteiger charge is 2.34. The second kappa shape index (κ2) is 10.1. The van der Waals surface area contributed by atoms with Gasteiger partial charge in [0.25, 0.3) is 11.8 Å². The van der Waals surface area contributed by atoms with E-state index >= 15 is 0 Å². The van der Waals surface area contributed by atoms with Gasteiger partial charge in [0.15, 0.2) is 0 Å². The standard InChI is InChI=1S/C19H18F3N3O3.C2H6/c20-19(21,22)12-7-9-13(10-8-12)23-15-4-2-1-3-14(15)17(27)24-25-18(28)16(26)11-5-6-11;1-2/h1-4,7-11,16,23,26H,5-6H2,(H,24,27)(H,25,28);1-2H3. The number of rotatable bonds is 5. The van der Waals surface area contributed by atoms with E-state index in [2.05, 4.69) is 16.2 Å². The number of alkyl halides is 3. The van der Waals surface area contributed by atoms with Crippen molar-refractivity contribution in [3.05, 3.63) is 59.7 Å². The number of carbonyl (C=O) groups excluding carboxylic acids is 2. The highest BCUT2D eigenvalue weighted by atomic mass is 19.4. The zero-order valence-electron chi connectivity index (χ0n) is 16.6. The van der Waals surface area contributed by atoms with Gasteiger partial charge in [0, 0.05) is 5.69 Å². The summed E-state index contributed by atoms with van der Waals surface area (Å²) in [4.78, 5) is 24.1. The van der Waals surface area contributed by atoms with Crippen molar-refractivity contribution in [1.29, 1.82) is 0 Å². The van der Waals surface area contributed by atoms with Crippen molar-refractivity contribution in [2.24, 2.45) is 5.92 Å². The molecule has 1 aliphatic carbocycles. The Kier molecular flexibility index (Phi) is 7.82. The number of carbonyl (C=O) groups is 2. The molecule has 0 spiro atoms. The summed E-state index contributed by atoms with van der Waals surface area (Å²) in [6.07, 6.45) is -4.06. The van der Waals surface area contributed by atoms with Gasteiger partial charge in [0.2, 0.25) is 0 Å². The number of halogens is 3. The van der Waals surface area contributed by atoms with E-state index < -0.39 is 29.7 Å². The van der Waals surface area contributed by atoms with E-state index in [4.69, 9.17) is 0 Å². The third-order valence-corrected chi connectivity index (χ3v) is 4.30. The van der Waals surface area contributed by atoms with Gasteiger partial charge < -0.3 is 10.4 Å². The fraction of sp³-hybridized carbons (Fsp3) is 0.333. The molecular formula is C21H24F3N3O3. The molecule has 1 unspecified atom stereocenters. The molecule has 2 amide bonds. The molecule has 2 aromatic rings.